The van der Waals surface area contributed by atoms with Gasteiger partial charge in [-0.25, -0.2) is 12.8 Å². The van der Waals surface area contributed by atoms with Gasteiger partial charge in [0.2, 0.25) is 10.0 Å². The molecule has 2 atom stereocenters. The van der Waals surface area contributed by atoms with Crippen LogP contribution in [0.15, 0.2) is 63.1 Å². The Morgan fingerprint density at radius 3 is 2.63 bits per heavy atom. The predicted octanol–water partition coefficient (Wildman–Crippen LogP) is 2.06. The minimum Gasteiger partial charge on any atom is -0.511 e. The van der Waals surface area contributed by atoms with Crippen LogP contribution in [0.4, 0.5) is 15.8 Å². The first-order chi connectivity index (χ1) is 18.0. The number of carbonyl (C=O) groups excluding carboxylic acids is 1. The molecule has 5 N–H and O–H groups in total. The summed E-state index contributed by atoms with van der Waals surface area (Å²) in [7, 11) is -8.14. The molecule has 2 heterocycles. The van der Waals surface area contributed by atoms with Crippen molar-refractivity contribution in [3.63, 3.8) is 0 Å². The minimum atomic E-state index is -4.37. The molecule has 0 saturated heterocycles. The lowest BCUT2D eigenvalue weighted by atomic mass is 9.89. The van der Waals surface area contributed by atoms with Crippen molar-refractivity contribution in [3.8, 4) is 0 Å². The summed E-state index contributed by atoms with van der Waals surface area (Å²) >= 11 is 0. The maximum absolute atomic E-state index is 13.7. The van der Waals surface area contributed by atoms with E-state index in [1.54, 1.807) is 17.0 Å². The number of aliphatic hydroxyl groups excluding tert-OH is 1. The fourth-order valence-corrected chi connectivity index (χ4v) is 7.18. The van der Waals surface area contributed by atoms with E-state index in [1.165, 1.54) is 24.3 Å². The van der Waals surface area contributed by atoms with E-state index in [2.05, 4.69) is 14.4 Å². The third-order valence-corrected chi connectivity index (χ3v) is 9.49. The van der Waals surface area contributed by atoms with Crippen LogP contribution in [0.2, 0.25) is 0 Å². The monoisotopic (exact) mass is 563 g/mol. The molecule has 2 aliphatic heterocycles. The summed E-state index contributed by atoms with van der Waals surface area (Å²) in [5, 5.41) is 13.9. The Morgan fingerprint density at radius 1 is 1.18 bits per heavy atom. The molecular weight excluding hydrogens is 537 g/mol. The van der Waals surface area contributed by atoms with Crippen LogP contribution in [-0.2, 0) is 31.4 Å². The van der Waals surface area contributed by atoms with E-state index in [1.807, 2.05) is 0 Å². The van der Waals surface area contributed by atoms with E-state index >= 15 is 0 Å². The summed E-state index contributed by atoms with van der Waals surface area (Å²) in [4.78, 5) is 15.0. The number of carbonyl (C=O) groups is 1. The van der Waals surface area contributed by atoms with Gasteiger partial charge < -0.3 is 21.1 Å². The van der Waals surface area contributed by atoms with Gasteiger partial charge in [-0.2, -0.15) is 8.42 Å². The number of amidine groups is 1. The molecule has 0 spiro atoms. The predicted molar refractivity (Wildman–Crippen MR) is 139 cm³/mol. The fraction of sp³-hybridized carbons (Fsp3) is 0.333. The lowest BCUT2D eigenvalue weighted by Gasteiger charge is -2.39. The zero-order valence-electron chi connectivity index (χ0n) is 20.1. The van der Waals surface area contributed by atoms with E-state index in [0.717, 1.165) is 12.5 Å². The van der Waals surface area contributed by atoms with Crippen molar-refractivity contribution >= 4 is 43.2 Å². The quantitative estimate of drug-likeness (QED) is 0.396. The molecule has 11 nitrogen and oxygen atoms in total. The lowest BCUT2D eigenvalue weighted by Crippen LogP contribution is -2.49. The van der Waals surface area contributed by atoms with E-state index in [9.17, 15) is 31.1 Å². The van der Waals surface area contributed by atoms with Crippen molar-refractivity contribution in [2.45, 2.75) is 36.7 Å². The van der Waals surface area contributed by atoms with Crippen LogP contribution in [-0.4, -0.2) is 56.9 Å². The number of sulfonamides is 2. The number of hydrogen-bond acceptors (Lipinski definition) is 8. The Balaban J connectivity index is 1.50. The molecule has 2 aromatic rings. The summed E-state index contributed by atoms with van der Waals surface area (Å²) in [6.07, 6.45) is 2.04. The van der Waals surface area contributed by atoms with Crippen molar-refractivity contribution in [2.24, 2.45) is 16.0 Å². The maximum Gasteiger partial charge on any atom is 0.286 e. The number of nitrogens with two attached hydrogens (primary N) is 1. The maximum atomic E-state index is 13.7. The second-order valence-electron chi connectivity index (χ2n) is 9.39. The van der Waals surface area contributed by atoms with E-state index < -0.39 is 37.7 Å². The molecule has 0 unspecified atom stereocenters. The van der Waals surface area contributed by atoms with Crippen molar-refractivity contribution < 1.29 is 31.1 Å². The summed E-state index contributed by atoms with van der Waals surface area (Å²) in [5.41, 5.74) is 5.84. The smallest absolute Gasteiger partial charge is 0.286 e. The fourth-order valence-electron chi connectivity index (χ4n) is 5.14. The Hall–Kier alpha value is -3.49. The average Bonchev–Trinajstić information content (AvgIpc) is 3.33. The second-order valence-corrected chi connectivity index (χ2v) is 12.8. The van der Waals surface area contributed by atoms with Gasteiger partial charge in [0.05, 0.1) is 11.4 Å². The first kappa shape index (κ1) is 26.1. The Morgan fingerprint density at radius 2 is 1.92 bits per heavy atom. The summed E-state index contributed by atoms with van der Waals surface area (Å²) < 4.78 is 69.8. The number of amides is 1. The van der Waals surface area contributed by atoms with Gasteiger partial charge in [-0.1, -0.05) is 18.6 Å². The van der Waals surface area contributed by atoms with Crippen LogP contribution in [0.5, 0.6) is 0 Å². The number of fused-ring (bicyclic) bond motifs is 2. The first-order valence-corrected chi connectivity index (χ1v) is 15.0. The standard InChI is InChI=1S/C24H26FN5O6S2/c25-15-6-4-14(5-7-15)13-30-19-3-1-2-17(19)22(31)21(24(30)32)23-27-18-9-8-16(28-37(33,34)11-10-26)12-20(18)38(35,36)29-23/h4-9,12,17,19,28,31H,1-3,10-11,13,26H2,(H,27,29)/t17-,19+/m1/s1. The SMILES string of the molecule is NCCS(=O)(=O)Nc1ccc2c(c1)S(=O)(=O)N=C(C1=C(O)[C@@H]3CCC[C@@H]3N(Cc3ccc(F)cc3)C1=O)N2. The molecule has 1 fully saturated rings. The minimum absolute atomic E-state index is 0.0105. The molecule has 202 valence electrons. The molecule has 0 bridgehead atoms. The van der Waals surface area contributed by atoms with Crippen molar-refractivity contribution in [3.05, 3.63) is 65.2 Å². The van der Waals surface area contributed by atoms with Gasteiger partial charge in [0.1, 0.15) is 22.0 Å². The molecular formula is C24H26FN5O6S2. The topological polar surface area (TPSA) is 171 Å². The van der Waals surface area contributed by atoms with Crippen LogP contribution in [0.25, 0.3) is 0 Å². The Labute approximate surface area is 219 Å². The van der Waals surface area contributed by atoms with Gasteiger partial charge in [-0.15, -0.1) is 4.40 Å². The van der Waals surface area contributed by atoms with Crippen LogP contribution < -0.4 is 15.8 Å². The van der Waals surface area contributed by atoms with Crippen LogP contribution in [0, 0.1) is 11.7 Å². The molecule has 14 heteroatoms. The molecule has 2 aromatic carbocycles. The molecule has 5 rings (SSSR count). The van der Waals surface area contributed by atoms with Crippen molar-refractivity contribution in [2.75, 3.05) is 22.3 Å². The van der Waals surface area contributed by atoms with Gasteiger partial charge in [0, 0.05) is 30.7 Å². The van der Waals surface area contributed by atoms with Crippen molar-refractivity contribution in [1.29, 1.82) is 0 Å². The number of nitrogens with zero attached hydrogens (tertiary/aromatic N) is 2. The highest BCUT2D eigenvalue weighted by Gasteiger charge is 2.46. The number of anilines is 2. The highest BCUT2D eigenvalue weighted by Crippen LogP contribution is 2.42. The third-order valence-electron chi connectivity index (χ3n) is 6.85. The summed E-state index contributed by atoms with van der Waals surface area (Å²) in [6.45, 7) is 0.0421. The number of hydrogen-bond donors (Lipinski definition) is 4. The summed E-state index contributed by atoms with van der Waals surface area (Å²) in [5.74, 6) is -2.27. The largest absolute Gasteiger partial charge is 0.511 e. The zero-order chi connectivity index (χ0) is 27.2. The Kier molecular flexibility index (Phi) is 6.65. The number of benzene rings is 2. The molecule has 0 aromatic heterocycles. The first-order valence-electron chi connectivity index (χ1n) is 11.9. The van der Waals surface area contributed by atoms with Gasteiger partial charge in [-0.3, -0.25) is 9.52 Å². The van der Waals surface area contributed by atoms with Gasteiger partial charge in [0.15, 0.2) is 5.84 Å². The molecule has 1 amide bonds. The normalized spacial score (nSPS) is 22.4. The zero-order valence-corrected chi connectivity index (χ0v) is 21.7. The van der Waals surface area contributed by atoms with E-state index in [-0.39, 0.29) is 58.3 Å². The van der Waals surface area contributed by atoms with Crippen molar-refractivity contribution in [1.82, 2.24) is 4.90 Å². The van der Waals surface area contributed by atoms with Gasteiger partial charge in [-0.05, 0) is 48.7 Å². The van der Waals surface area contributed by atoms with Crippen LogP contribution in [0.1, 0.15) is 24.8 Å². The molecule has 38 heavy (non-hydrogen) atoms. The Bertz CT molecular complexity index is 1570. The lowest BCUT2D eigenvalue weighted by molar-refractivity contribution is -0.132. The molecule has 3 aliphatic rings. The van der Waals surface area contributed by atoms with Crippen LogP contribution in [0.3, 0.4) is 0 Å². The number of aliphatic hydroxyl groups is 1. The van der Waals surface area contributed by atoms with E-state index in [0.29, 0.717) is 18.4 Å². The second kappa shape index (κ2) is 9.67. The van der Waals surface area contributed by atoms with E-state index in [4.69, 9.17) is 5.73 Å². The molecule has 0 radical (unpaired) electrons. The van der Waals surface area contributed by atoms with Crippen LogP contribution >= 0.6 is 0 Å². The average molecular weight is 564 g/mol. The molecule has 1 aliphatic carbocycles. The van der Waals surface area contributed by atoms with Gasteiger partial charge >= 0.3 is 0 Å². The summed E-state index contributed by atoms with van der Waals surface area (Å²) in [6, 6.07) is 9.28. The third kappa shape index (κ3) is 4.86. The highest BCUT2D eigenvalue weighted by atomic mass is 32.2. The molecule has 1 saturated carbocycles. The van der Waals surface area contributed by atoms with Gasteiger partial charge in [0.25, 0.3) is 15.9 Å². The number of rotatable bonds is 7. The highest BCUT2D eigenvalue weighted by molar-refractivity contribution is 7.92. The number of nitrogens with one attached hydrogen (secondary N) is 2. The number of halogens is 1.